The molecular formula is C7H4ClNSZn. The zero-order chi connectivity index (χ0) is 8.10. The summed E-state index contributed by atoms with van der Waals surface area (Å²) < 4.78 is 1.21. The predicted molar refractivity (Wildman–Crippen MR) is 44.3 cm³/mol. The molecule has 0 spiro atoms. The first-order valence-electron chi connectivity index (χ1n) is 2.95. The molecule has 1 heterocycles. The van der Waals surface area contributed by atoms with Crippen molar-refractivity contribution in [3.05, 3.63) is 29.8 Å². The van der Waals surface area contributed by atoms with E-state index in [4.69, 9.17) is 9.69 Å². The number of halogens is 1. The first-order valence-corrected chi connectivity index (χ1v) is 7.67. The van der Waals surface area contributed by atoms with Crippen LogP contribution in [0.3, 0.4) is 0 Å². The smallest absolute Gasteiger partial charge is 0.0208 e. The summed E-state index contributed by atoms with van der Waals surface area (Å²) in [4.78, 5) is 4.01. The standard InChI is InChI=1S/C7H4NS.ClH.Zn/c1-2-4-7-6(3-1)8-5-9-7;;/h1-4H;1H;/q-1;;+2/p-1. The number of para-hydroxylation sites is 1. The summed E-state index contributed by atoms with van der Waals surface area (Å²) in [6.07, 6.45) is 0. The number of thiazole rings is 1. The summed E-state index contributed by atoms with van der Waals surface area (Å²) in [5, 5.41) is 0. The zero-order valence-electron chi connectivity index (χ0n) is 5.75. The Balaban J connectivity index is 0.000000281. The van der Waals surface area contributed by atoms with Gasteiger partial charge in [-0.05, 0) is 5.51 Å². The Bertz CT molecular complexity index is 292. The minimum Gasteiger partial charge on any atom is -0.386 e. The molecule has 11 heavy (non-hydrogen) atoms. The Hall–Kier alpha value is 0.0234. The van der Waals surface area contributed by atoms with E-state index in [9.17, 15) is 0 Å². The number of rotatable bonds is 0. The average molecular weight is 235 g/mol. The molecule has 0 saturated heterocycles. The monoisotopic (exact) mass is 233 g/mol. The van der Waals surface area contributed by atoms with Gasteiger partial charge in [0, 0.05) is 0 Å². The van der Waals surface area contributed by atoms with Crippen LogP contribution in [0.15, 0.2) is 24.3 Å². The van der Waals surface area contributed by atoms with Crippen LogP contribution in [0, 0.1) is 5.51 Å². The molecule has 1 nitrogen and oxygen atoms in total. The summed E-state index contributed by atoms with van der Waals surface area (Å²) >= 11 is 2.40. The molecule has 0 saturated carbocycles. The van der Waals surface area contributed by atoms with E-state index in [2.05, 4.69) is 10.5 Å². The molecule has 0 aliphatic carbocycles. The average Bonchev–Trinajstić information content (AvgIpc) is 2.55. The molecule has 0 aliphatic heterocycles. The first-order chi connectivity index (χ1) is 5.47. The molecule has 2 aromatic rings. The molecule has 0 amide bonds. The molecule has 52 valence electrons. The molecule has 0 aliphatic rings. The maximum atomic E-state index is 4.76. The molecule has 0 unspecified atom stereocenters. The summed E-state index contributed by atoms with van der Waals surface area (Å²) in [5.74, 6) is 0. The van der Waals surface area contributed by atoms with Crippen molar-refractivity contribution in [1.29, 1.82) is 0 Å². The van der Waals surface area contributed by atoms with Gasteiger partial charge in [0.1, 0.15) is 0 Å². The summed E-state index contributed by atoms with van der Waals surface area (Å²) in [6, 6.07) is 8.02. The van der Waals surface area contributed by atoms with Crippen LogP contribution in [-0.4, -0.2) is 4.98 Å². The molecule has 0 atom stereocenters. The topological polar surface area (TPSA) is 12.9 Å². The van der Waals surface area contributed by atoms with Gasteiger partial charge < -0.3 is 4.98 Å². The van der Waals surface area contributed by atoms with Gasteiger partial charge in [-0.25, -0.2) is 0 Å². The van der Waals surface area contributed by atoms with Crippen LogP contribution in [0.1, 0.15) is 0 Å². The minimum absolute atomic E-state index is 0.847. The van der Waals surface area contributed by atoms with Crippen molar-refractivity contribution in [2.24, 2.45) is 0 Å². The maximum Gasteiger partial charge on any atom is -0.0208 e. The van der Waals surface area contributed by atoms with Crippen molar-refractivity contribution < 1.29 is 17.3 Å². The largest absolute Gasteiger partial charge is 0.386 e. The third kappa shape index (κ3) is 2.23. The Morgan fingerprint density at radius 1 is 1.36 bits per heavy atom. The molecule has 4 heteroatoms. The molecule has 1 aromatic heterocycles. The maximum absolute atomic E-state index is 4.76. The van der Waals surface area contributed by atoms with E-state index in [0.717, 1.165) is 22.8 Å². The predicted octanol–water partition coefficient (Wildman–Crippen LogP) is 2.78. The second kappa shape index (κ2) is 4.81. The second-order valence-electron chi connectivity index (χ2n) is 1.77. The third-order valence-corrected chi connectivity index (χ3v) is 1.93. The van der Waals surface area contributed by atoms with Gasteiger partial charge in [0.15, 0.2) is 0 Å². The van der Waals surface area contributed by atoms with Crippen LogP contribution in [0.25, 0.3) is 10.2 Å². The number of hydrogen-bond acceptors (Lipinski definition) is 2. The van der Waals surface area contributed by atoms with E-state index in [-0.39, 0.29) is 0 Å². The molecular weight excluding hydrogens is 231 g/mol. The van der Waals surface area contributed by atoms with Crippen molar-refractivity contribution in [2.45, 2.75) is 0 Å². The number of aromatic nitrogens is 1. The summed E-state index contributed by atoms with van der Waals surface area (Å²) in [5.41, 5.74) is 3.87. The van der Waals surface area contributed by atoms with E-state index >= 15 is 0 Å². The Labute approximate surface area is 83.1 Å². The van der Waals surface area contributed by atoms with E-state index in [1.54, 1.807) is 11.3 Å². The zero-order valence-corrected chi connectivity index (χ0v) is 10.3. The summed E-state index contributed by atoms with van der Waals surface area (Å²) in [6.45, 7) is 0. The first kappa shape index (κ1) is 9.11. The van der Waals surface area contributed by atoms with Crippen molar-refractivity contribution in [1.82, 2.24) is 4.98 Å². The van der Waals surface area contributed by atoms with Crippen molar-refractivity contribution in [3.63, 3.8) is 0 Å². The van der Waals surface area contributed by atoms with Gasteiger partial charge >= 0.3 is 27.0 Å². The van der Waals surface area contributed by atoms with Crippen LogP contribution in [0.4, 0.5) is 0 Å². The van der Waals surface area contributed by atoms with E-state index < -0.39 is 0 Å². The number of hydrogen-bond donors (Lipinski definition) is 0. The van der Waals surface area contributed by atoms with Gasteiger partial charge in [0.25, 0.3) is 0 Å². The van der Waals surface area contributed by atoms with Crippen LogP contribution >= 0.6 is 21.0 Å². The number of benzene rings is 1. The molecule has 1 aromatic carbocycles. The second-order valence-corrected chi connectivity index (χ2v) is 2.60. The van der Waals surface area contributed by atoms with E-state index in [1.165, 1.54) is 4.70 Å². The number of fused-ring (bicyclic) bond motifs is 1. The Morgan fingerprint density at radius 2 is 2.09 bits per heavy atom. The fourth-order valence-corrected chi connectivity index (χ4v) is 1.36. The van der Waals surface area contributed by atoms with Crippen molar-refractivity contribution >= 4 is 31.2 Å². The fraction of sp³-hybridized carbons (Fsp3) is 0. The van der Waals surface area contributed by atoms with E-state index in [1.807, 2.05) is 24.3 Å². The molecule has 0 radical (unpaired) electrons. The minimum atomic E-state index is 0.847. The van der Waals surface area contributed by atoms with Gasteiger partial charge in [-0.3, -0.25) is 11.3 Å². The Morgan fingerprint density at radius 3 is 2.82 bits per heavy atom. The normalized spacial score (nSPS) is 9.00. The quantitative estimate of drug-likeness (QED) is 0.505. The third-order valence-electron chi connectivity index (χ3n) is 1.19. The van der Waals surface area contributed by atoms with Crippen LogP contribution in [-0.2, 0) is 17.3 Å². The summed E-state index contributed by atoms with van der Waals surface area (Å²) in [7, 11) is 4.76. The Kier molecular flexibility index (Phi) is 3.99. The van der Waals surface area contributed by atoms with Gasteiger partial charge in [0.05, 0.1) is 0 Å². The van der Waals surface area contributed by atoms with Gasteiger partial charge in [0.2, 0.25) is 0 Å². The van der Waals surface area contributed by atoms with Gasteiger partial charge in [-0.15, -0.1) is 16.8 Å². The molecule has 0 bridgehead atoms. The van der Waals surface area contributed by atoms with Crippen LogP contribution in [0.2, 0.25) is 0 Å². The van der Waals surface area contributed by atoms with Gasteiger partial charge in [-0.2, -0.15) is 0 Å². The van der Waals surface area contributed by atoms with Crippen LogP contribution in [0.5, 0.6) is 0 Å². The van der Waals surface area contributed by atoms with E-state index in [0.29, 0.717) is 0 Å². The van der Waals surface area contributed by atoms with Crippen molar-refractivity contribution in [2.75, 3.05) is 0 Å². The number of nitrogens with zero attached hydrogens (tertiary/aromatic N) is 1. The molecule has 0 fully saturated rings. The van der Waals surface area contributed by atoms with Crippen molar-refractivity contribution in [3.8, 4) is 0 Å². The SMILES string of the molecule is [Cl][Zn+].[c-]1nc2ccccc2s1. The van der Waals surface area contributed by atoms with Crippen LogP contribution < -0.4 is 0 Å². The molecule has 2 rings (SSSR count). The fourth-order valence-electron chi connectivity index (χ4n) is 0.757. The van der Waals surface area contributed by atoms with Gasteiger partial charge in [-0.1, -0.05) is 17.6 Å². The molecule has 0 N–H and O–H groups in total.